The van der Waals surface area contributed by atoms with Crippen LogP contribution in [0.1, 0.15) is 11.1 Å². The summed E-state index contributed by atoms with van der Waals surface area (Å²) in [5.41, 5.74) is 3.45. The third-order valence-corrected chi connectivity index (χ3v) is 2.66. The van der Waals surface area contributed by atoms with Crippen LogP contribution in [0, 0.1) is 24.7 Å². The highest BCUT2D eigenvalue weighted by Crippen LogP contribution is 2.25. The van der Waals surface area contributed by atoms with Crippen LogP contribution in [-0.2, 0) is 0 Å². The molecule has 0 atom stereocenters. The van der Waals surface area contributed by atoms with E-state index in [0.29, 0.717) is 0 Å². The van der Waals surface area contributed by atoms with E-state index < -0.39 is 0 Å². The van der Waals surface area contributed by atoms with E-state index in [0.717, 1.165) is 22.3 Å². The second-order valence-electron chi connectivity index (χ2n) is 3.77. The molecule has 18 heavy (non-hydrogen) atoms. The van der Waals surface area contributed by atoms with Gasteiger partial charge in [0.15, 0.2) is 0 Å². The average Bonchev–Trinajstić information content (AvgIpc) is 2.46. The lowest BCUT2D eigenvalue weighted by molar-refractivity contribution is 1.61. The summed E-state index contributed by atoms with van der Waals surface area (Å²) in [5, 5.41) is 0. The Balaban J connectivity index is 2.63. The van der Waals surface area contributed by atoms with Gasteiger partial charge < -0.3 is 0 Å². The third-order valence-electron chi connectivity index (χ3n) is 2.66. The molecule has 0 fully saturated rings. The Hall–Kier alpha value is -2.70. The van der Waals surface area contributed by atoms with Gasteiger partial charge in [-0.1, -0.05) is 72.5 Å². The molecule has 0 saturated carbocycles. The number of hydrogen-bond acceptors (Lipinski definition) is 0. The van der Waals surface area contributed by atoms with Crippen molar-refractivity contribution in [3.8, 4) is 24.7 Å². The number of hydrogen-bond donors (Lipinski definition) is 0. The molecule has 0 heterocycles. The molecule has 2 aromatic carbocycles. The molecule has 2 aromatic rings. The largest absolute Gasteiger partial charge is 0.115 e. The molecule has 0 saturated heterocycles. The van der Waals surface area contributed by atoms with Crippen molar-refractivity contribution in [2.24, 2.45) is 0 Å². The van der Waals surface area contributed by atoms with Crippen LogP contribution in [0.4, 0.5) is 0 Å². The number of benzene rings is 2. The van der Waals surface area contributed by atoms with E-state index in [1.165, 1.54) is 0 Å². The fourth-order valence-corrected chi connectivity index (χ4v) is 1.81. The number of rotatable bonds is 2. The molecule has 0 bridgehead atoms. The maximum atomic E-state index is 5.62. The summed E-state index contributed by atoms with van der Waals surface area (Å²) in [7, 11) is 0. The smallest absolute Gasteiger partial charge is 0.0477 e. The summed E-state index contributed by atoms with van der Waals surface area (Å²) < 4.78 is 0. The molecule has 0 heteroatoms. The molecule has 2 rings (SSSR count). The standard InChI is InChI=1S/C18H12/c1-3-17(15-11-7-5-8-12-15)18(4-2)16-13-9-6-10-14-16/h1-2,5-14H. The van der Waals surface area contributed by atoms with Crippen LogP contribution in [-0.4, -0.2) is 0 Å². The highest BCUT2D eigenvalue weighted by molar-refractivity contribution is 6.03. The van der Waals surface area contributed by atoms with Crippen molar-refractivity contribution in [1.29, 1.82) is 0 Å². The van der Waals surface area contributed by atoms with Gasteiger partial charge in [-0.3, -0.25) is 0 Å². The van der Waals surface area contributed by atoms with Crippen molar-refractivity contribution in [1.82, 2.24) is 0 Å². The van der Waals surface area contributed by atoms with Gasteiger partial charge in [0.05, 0.1) is 0 Å². The van der Waals surface area contributed by atoms with E-state index >= 15 is 0 Å². The van der Waals surface area contributed by atoms with E-state index in [1.54, 1.807) is 0 Å². The minimum Gasteiger partial charge on any atom is -0.115 e. The first-order chi connectivity index (χ1) is 8.86. The van der Waals surface area contributed by atoms with Crippen LogP contribution in [0.5, 0.6) is 0 Å². The van der Waals surface area contributed by atoms with Gasteiger partial charge >= 0.3 is 0 Å². The summed E-state index contributed by atoms with van der Waals surface area (Å²) >= 11 is 0. The van der Waals surface area contributed by atoms with Gasteiger partial charge in [0.2, 0.25) is 0 Å². The summed E-state index contributed by atoms with van der Waals surface area (Å²) in [6, 6.07) is 19.6. The summed E-state index contributed by atoms with van der Waals surface area (Å²) in [4.78, 5) is 0. The van der Waals surface area contributed by atoms with Gasteiger partial charge in [-0.25, -0.2) is 0 Å². The molecule has 0 amide bonds. The zero-order valence-electron chi connectivity index (χ0n) is 9.93. The van der Waals surface area contributed by atoms with Crippen LogP contribution >= 0.6 is 0 Å². The SMILES string of the molecule is C#CC(=C(C#C)c1ccccc1)c1ccccc1. The van der Waals surface area contributed by atoms with Crippen LogP contribution in [0.15, 0.2) is 60.7 Å². The van der Waals surface area contributed by atoms with Crippen LogP contribution in [0.2, 0.25) is 0 Å². The lowest BCUT2D eigenvalue weighted by Gasteiger charge is -2.06. The quantitative estimate of drug-likeness (QED) is 0.541. The Kier molecular flexibility index (Phi) is 3.65. The molecule has 0 aliphatic rings. The molecule has 84 valence electrons. The molecule has 0 nitrogen and oxygen atoms in total. The summed E-state index contributed by atoms with van der Waals surface area (Å²) in [6.45, 7) is 0. The Morgan fingerprint density at radius 3 is 1.22 bits per heavy atom. The van der Waals surface area contributed by atoms with Gasteiger partial charge in [-0.15, -0.1) is 12.8 Å². The van der Waals surface area contributed by atoms with Gasteiger partial charge in [0.1, 0.15) is 0 Å². The highest BCUT2D eigenvalue weighted by atomic mass is 14.1. The molecule has 0 unspecified atom stereocenters. The van der Waals surface area contributed by atoms with Crippen molar-refractivity contribution < 1.29 is 0 Å². The number of terminal acetylenes is 2. The Labute approximate surface area is 108 Å². The van der Waals surface area contributed by atoms with E-state index in [1.807, 2.05) is 60.7 Å². The lowest BCUT2D eigenvalue weighted by atomic mass is 9.96. The number of allylic oxidation sites excluding steroid dienone is 2. The monoisotopic (exact) mass is 228 g/mol. The fourth-order valence-electron chi connectivity index (χ4n) is 1.81. The maximum absolute atomic E-state index is 5.62. The molecule has 0 spiro atoms. The minimum absolute atomic E-state index is 0.754. The van der Waals surface area contributed by atoms with E-state index in [4.69, 9.17) is 12.8 Å². The van der Waals surface area contributed by atoms with Gasteiger partial charge in [0, 0.05) is 11.1 Å². The van der Waals surface area contributed by atoms with Crippen molar-refractivity contribution in [3.05, 3.63) is 71.8 Å². The first kappa shape index (κ1) is 11.8. The van der Waals surface area contributed by atoms with Crippen LogP contribution < -0.4 is 0 Å². The Morgan fingerprint density at radius 1 is 0.611 bits per heavy atom. The first-order valence-corrected chi connectivity index (χ1v) is 5.65. The summed E-state index contributed by atoms with van der Waals surface area (Å²) in [6.07, 6.45) is 11.2. The molecular weight excluding hydrogens is 216 g/mol. The van der Waals surface area contributed by atoms with Crippen molar-refractivity contribution in [2.75, 3.05) is 0 Å². The topological polar surface area (TPSA) is 0 Å². The van der Waals surface area contributed by atoms with Crippen molar-refractivity contribution in [2.45, 2.75) is 0 Å². The van der Waals surface area contributed by atoms with Gasteiger partial charge in [-0.05, 0) is 11.1 Å². The van der Waals surface area contributed by atoms with Crippen molar-refractivity contribution in [3.63, 3.8) is 0 Å². The van der Waals surface area contributed by atoms with E-state index in [9.17, 15) is 0 Å². The van der Waals surface area contributed by atoms with E-state index in [-0.39, 0.29) is 0 Å². The van der Waals surface area contributed by atoms with Gasteiger partial charge in [-0.2, -0.15) is 0 Å². The Morgan fingerprint density at radius 2 is 0.944 bits per heavy atom. The maximum Gasteiger partial charge on any atom is 0.0477 e. The second kappa shape index (κ2) is 5.58. The first-order valence-electron chi connectivity index (χ1n) is 5.65. The normalized spacial score (nSPS) is 11.0. The van der Waals surface area contributed by atoms with Crippen molar-refractivity contribution >= 4 is 11.1 Å². The predicted octanol–water partition coefficient (Wildman–Crippen LogP) is 3.86. The molecule has 0 aliphatic heterocycles. The zero-order valence-corrected chi connectivity index (χ0v) is 9.93. The molecule has 0 radical (unpaired) electrons. The molecule has 0 aliphatic carbocycles. The second-order valence-corrected chi connectivity index (χ2v) is 3.77. The lowest BCUT2D eigenvalue weighted by Crippen LogP contribution is -1.88. The molecular formula is C18H12. The van der Waals surface area contributed by atoms with Crippen LogP contribution in [0.25, 0.3) is 11.1 Å². The minimum atomic E-state index is 0.754. The summed E-state index contributed by atoms with van der Waals surface area (Å²) in [5.74, 6) is 5.41. The van der Waals surface area contributed by atoms with E-state index in [2.05, 4.69) is 11.8 Å². The average molecular weight is 228 g/mol. The fraction of sp³-hybridized carbons (Fsp3) is 0. The Bertz CT molecular complexity index is 572. The van der Waals surface area contributed by atoms with Gasteiger partial charge in [0.25, 0.3) is 0 Å². The third kappa shape index (κ3) is 2.34. The van der Waals surface area contributed by atoms with Crippen LogP contribution in [0.3, 0.4) is 0 Å². The highest BCUT2D eigenvalue weighted by Gasteiger charge is 2.06. The predicted molar refractivity (Wildman–Crippen MR) is 77.4 cm³/mol. The molecule has 0 N–H and O–H groups in total. The zero-order chi connectivity index (χ0) is 12.8. The molecule has 0 aromatic heterocycles.